The molecule has 0 radical (unpaired) electrons. The third-order valence-electron chi connectivity index (χ3n) is 3.70. The molecule has 1 saturated heterocycles. The molecule has 5 heteroatoms. The van der Waals surface area contributed by atoms with Crippen LogP contribution in [0.2, 0.25) is 0 Å². The van der Waals surface area contributed by atoms with Crippen molar-refractivity contribution >= 4 is 22.4 Å². The number of nitrogens with two attached hydrogens (primary N) is 1. The zero-order valence-electron chi connectivity index (χ0n) is 11.9. The standard InChI is InChI=1S/C15H20N4O/c1-15(2)8-11(5-6-20-15)19-14-12-7-10(16)3-4-13(12)17-9-18-14/h3-4,7,9,11H,5-6,8,16H2,1-2H3,(H,17,18,19). The van der Waals surface area contributed by atoms with Crippen LogP contribution in [0.15, 0.2) is 24.5 Å². The Morgan fingerprint density at radius 3 is 3.00 bits per heavy atom. The van der Waals surface area contributed by atoms with Crippen molar-refractivity contribution in [1.29, 1.82) is 0 Å². The summed E-state index contributed by atoms with van der Waals surface area (Å²) in [5.74, 6) is 0.852. The first-order chi connectivity index (χ1) is 9.53. The second kappa shape index (κ2) is 4.90. The number of nitrogen functional groups attached to an aromatic ring is 1. The largest absolute Gasteiger partial charge is 0.399 e. The van der Waals surface area contributed by atoms with Gasteiger partial charge in [-0.1, -0.05) is 0 Å². The van der Waals surface area contributed by atoms with E-state index in [-0.39, 0.29) is 5.60 Å². The topological polar surface area (TPSA) is 73.1 Å². The molecule has 1 aromatic heterocycles. The van der Waals surface area contributed by atoms with Crippen molar-refractivity contribution in [3.05, 3.63) is 24.5 Å². The molecule has 0 amide bonds. The number of rotatable bonds is 2. The van der Waals surface area contributed by atoms with Gasteiger partial charge in [-0.25, -0.2) is 9.97 Å². The molecule has 1 fully saturated rings. The second-order valence-corrected chi connectivity index (χ2v) is 5.94. The predicted octanol–water partition coefficient (Wildman–Crippen LogP) is 2.58. The van der Waals surface area contributed by atoms with Crippen LogP contribution in [0.25, 0.3) is 10.9 Å². The Morgan fingerprint density at radius 1 is 1.35 bits per heavy atom. The Morgan fingerprint density at radius 2 is 2.20 bits per heavy atom. The van der Waals surface area contributed by atoms with Crippen LogP contribution in [0, 0.1) is 0 Å². The summed E-state index contributed by atoms with van der Waals surface area (Å²) in [6, 6.07) is 6.06. The summed E-state index contributed by atoms with van der Waals surface area (Å²) in [5.41, 5.74) is 7.41. The van der Waals surface area contributed by atoms with Crippen molar-refractivity contribution < 1.29 is 4.74 Å². The fraction of sp³-hybridized carbons (Fsp3) is 0.467. The Balaban J connectivity index is 1.89. The first-order valence-electron chi connectivity index (χ1n) is 6.94. The number of hydrogen-bond donors (Lipinski definition) is 2. The summed E-state index contributed by atoms with van der Waals surface area (Å²) in [5, 5.41) is 4.49. The van der Waals surface area contributed by atoms with E-state index in [0.29, 0.717) is 6.04 Å². The van der Waals surface area contributed by atoms with Crippen LogP contribution < -0.4 is 11.1 Å². The normalized spacial score (nSPS) is 21.8. The van der Waals surface area contributed by atoms with Gasteiger partial charge in [-0.3, -0.25) is 0 Å². The summed E-state index contributed by atoms with van der Waals surface area (Å²) in [6.45, 7) is 5.02. The Kier molecular flexibility index (Phi) is 3.22. The van der Waals surface area contributed by atoms with E-state index in [1.165, 1.54) is 0 Å². The molecule has 3 rings (SSSR count). The number of ether oxygens (including phenoxy) is 1. The van der Waals surface area contributed by atoms with Gasteiger partial charge < -0.3 is 15.8 Å². The van der Waals surface area contributed by atoms with Crippen molar-refractivity contribution in [3.63, 3.8) is 0 Å². The van der Waals surface area contributed by atoms with Gasteiger partial charge >= 0.3 is 0 Å². The minimum atomic E-state index is -0.0855. The SMILES string of the molecule is CC1(C)CC(Nc2ncnc3ccc(N)cc23)CCO1. The number of aromatic nitrogens is 2. The highest BCUT2D eigenvalue weighted by molar-refractivity contribution is 5.91. The van der Waals surface area contributed by atoms with Crippen molar-refractivity contribution in [2.45, 2.75) is 38.3 Å². The molecule has 0 saturated carbocycles. The number of anilines is 2. The van der Waals surface area contributed by atoms with Crippen LogP contribution in [0.5, 0.6) is 0 Å². The molecule has 106 valence electrons. The van der Waals surface area contributed by atoms with Crippen LogP contribution >= 0.6 is 0 Å². The Hall–Kier alpha value is -1.88. The number of benzene rings is 1. The monoisotopic (exact) mass is 272 g/mol. The van der Waals surface area contributed by atoms with Gasteiger partial charge in [0.2, 0.25) is 0 Å². The fourth-order valence-corrected chi connectivity index (χ4v) is 2.74. The van der Waals surface area contributed by atoms with Crippen LogP contribution in [0.3, 0.4) is 0 Å². The molecule has 2 heterocycles. The van der Waals surface area contributed by atoms with Crippen LogP contribution in [0.1, 0.15) is 26.7 Å². The van der Waals surface area contributed by atoms with Crippen molar-refractivity contribution in [3.8, 4) is 0 Å². The minimum absolute atomic E-state index is 0.0855. The maximum absolute atomic E-state index is 5.87. The van der Waals surface area contributed by atoms with Gasteiger partial charge in [0.1, 0.15) is 12.1 Å². The minimum Gasteiger partial charge on any atom is -0.399 e. The molecule has 0 bridgehead atoms. The Labute approximate surface area is 118 Å². The van der Waals surface area contributed by atoms with Gasteiger partial charge in [-0.15, -0.1) is 0 Å². The molecule has 1 atom stereocenters. The van der Waals surface area contributed by atoms with Gasteiger partial charge in [-0.2, -0.15) is 0 Å². The number of fused-ring (bicyclic) bond motifs is 1. The third kappa shape index (κ3) is 2.67. The molecule has 1 aliphatic rings. The molecule has 1 unspecified atom stereocenters. The van der Waals surface area contributed by atoms with Crippen LogP contribution in [0.4, 0.5) is 11.5 Å². The molecule has 2 aromatic rings. The fourth-order valence-electron chi connectivity index (χ4n) is 2.74. The predicted molar refractivity (Wildman–Crippen MR) is 80.6 cm³/mol. The molecule has 0 aliphatic carbocycles. The summed E-state index contributed by atoms with van der Waals surface area (Å²) in [6.07, 6.45) is 3.53. The summed E-state index contributed by atoms with van der Waals surface area (Å²) in [4.78, 5) is 8.64. The molecular formula is C15H20N4O. The second-order valence-electron chi connectivity index (χ2n) is 5.94. The van der Waals surface area contributed by atoms with Crippen molar-refractivity contribution in [2.24, 2.45) is 0 Å². The Bertz CT molecular complexity index is 626. The van der Waals surface area contributed by atoms with E-state index in [1.54, 1.807) is 6.33 Å². The number of nitrogens with zero attached hydrogens (tertiary/aromatic N) is 2. The maximum Gasteiger partial charge on any atom is 0.137 e. The lowest BCUT2D eigenvalue weighted by atomic mass is 9.94. The molecule has 3 N–H and O–H groups in total. The molecule has 5 nitrogen and oxygen atoms in total. The van der Waals surface area contributed by atoms with Gasteiger partial charge in [0.15, 0.2) is 0 Å². The van der Waals surface area contributed by atoms with Crippen LogP contribution in [-0.2, 0) is 4.74 Å². The molecule has 0 spiro atoms. The maximum atomic E-state index is 5.87. The van der Waals surface area contributed by atoms with Crippen LogP contribution in [-0.4, -0.2) is 28.2 Å². The lowest BCUT2D eigenvalue weighted by Gasteiger charge is -2.36. The lowest BCUT2D eigenvalue weighted by molar-refractivity contribution is -0.0553. The molecule has 20 heavy (non-hydrogen) atoms. The van der Waals surface area contributed by atoms with E-state index >= 15 is 0 Å². The van der Waals surface area contributed by atoms with E-state index in [4.69, 9.17) is 10.5 Å². The molecule has 1 aliphatic heterocycles. The van der Waals surface area contributed by atoms with Gasteiger partial charge in [-0.05, 0) is 44.9 Å². The van der Waals surface area contributed by atoms with E-state index in [0.717, 1.165) is 41.9 Å². The summed E-state index contributed by atoms with van der Waals surface area (Å²) >= 11 is 0. The zero-order chi connectivity index (χ0) is 14.2. The summed E-state index contributed by atoms with van der Waals surface area (Å²) in [7, 11) is 0. The van der Waals surface area contributed by atoms with E-state index in [2.05, 4.69) is 29.1 Å². The van der Waals surface area contributed by atoms with Crippen molar-refractivity contribution in [1.82, 2.24) is 9.97 Å². The first kappa shape index (κ1) is 13.1. The lowest BCUT2D eigenvalue weighted by Crippen LogP contribution is -2.40. The average molecular weight is 272 g/mol. The smallest absolute Gasteiger partial charge is 0.137 e. The van der Waals surface area contributed by atoms with E-state index in [1.807, 2.05) is 18.2 Å². The quantitative estimate of drug-likeness (QED) is 0.822. The third-order valence-corrected chi connectivity index (χ3v) is 3.70. The molecule has 1 aromatic carbocycles. The highest BCUT2D eigenvalue weighted by Crippen LogP contribution is 2.28. The zero-order valence-corrected chi connectivity index (χ0v) is 11.9. The highest BCUT2D eigenvalue weighted by Gasteiger charge is 2.29. The molecular weight excluding hydrogens is 252 g/mol. The average Bonchev–Trinajstić information content (AvgIpc) is 2.38. The van der Waals surface area contributed by atoms with E-state index in [9.17, 15) is 0 Å². The summed E-state index contributed by atoms with van der Waals surface area (Å²) < 4.78 is 5.75. The van der Waals surface area contributed by atoms with Gasteiger partial charge in [0.25, 0.3) is 0 Å². The number of nitrogens with one attached hydrogen (secondary N) is 1. The highest BCUT2D eigenvalue weighted by atomic mass is 16.5. The van der Waals surface area contributed by atoms with E-state index < -0.39 is 0 Å². The van der Waals surface area contributed by atoms with Crippen molar-refractivity contribution in [2.75, 3.05) is 17.7 Å². The van der Waals surface area contributed by atoms with Gasteiger partial charge in [0.05, 0.1) is 11.1 Å². The number of hydrogen-bond acceptors (Lipinski definition) is 5. The van der Waals surface area contributed by atoms with Gasteiger partial charge in [0, 0.05) is 23.7 Å². The first-order valence-corrected chi connectivity index (χ1v) is 6.94.